The van der Waals surface area contributed by atoms with Crippen LogP contribution in [0.3, 0.4) is 0 Å². The lowest BCUT2D eigenvalue weighted by atomic mass is 9.72. The third kappa shape index (κ3) is 6.05. The number of aromatic nitrogens is 3. The summed E-state index contributed by atoms with van der Waals surface area (Å²) < 4.78 is 26.9. The number of anilines is 3. The Balaban J connectivity index is 0.000000455. The molecular weight excluding hydrogens is 522 g/mol. The maximum atomic E-state index is 9.56. The summed E-state index contributed by atoms with van der Waals surface area (Å²) in [4.78, 5) is 16.2. The van der Waals surface area contributed by atoms with Crippen molar-refractivity contribution in [1.82, 2.24) is 15.0 Å². The van der Waals surface area contributed by atoms with E-state index in [1.54, 1.807) is 18.5 Å². The van der Waals surface area contributed by atoms with Crippen LogP contribution in [-0.4, -0.2) is 52.8 Å². The number of nitrogen functional groups attached to an aromatic ring is 2. The van der Waals surface area contributed by atoms with E-state index in [0.29, 0.717) is 15.9 Å². The number of rotatable bonds is 5. The van der Waals surface area contributed by atoms with Crippen molar-refractivity contribution in [3.8, 4) is 0 Å². The van der Waals surface area contributed by atoms with Crippen LogP contribution < -0.4 is 22.1 Å². The van der Waals surface area contributed by atoms with Gasteiger partial charge in [0, 0.05) is 30.2 Å². The summed E-state index contributed by atoms with van der Waals surface area (Å²) >= 11 is 7.58. The molecule has 0 radical (unpaired) electrons. The smallest absolute Gasteiger partial charge is 0.264 e. The molecular formula is C23H32ClN7O3S2. The Bertz CT molecular complexity index is 1250. The van der Waals surface area contributed by atoms with Crippen LogP contribution in [0.25, 0.3) is 0 Å². The van der Waals surface area contributed by atoms with Gasteiger partial charge in [0.2, 0.25) is 0 Å². The van der Waals surface area contributed by atoms with Gasteiger partial charge in [0.25, 0.3) is 10.1 Å². The molecule has 1 saturated carbocycles. The lowest BCUT2D eigenvalue weighted by molar-refractivity contribution is 0.203. The van der Waals surface area contributed by atoms with Crippen LogP contribution in [-0.2, 0) is 10.1 Å². The Kier molecular flexibility index (Phi) is 8.01. The van der Waals surface area contributed by atoms with Gasteiger partial charge < -0.3 is 22.1 Å². The van der Waals surface area contributed by atoms with Crippen LogP contribution in [0.2, 0.25) is 5.02 Å². The predicted molar refractivity (Wildman–Crippen MR) is 144 cm³/mol. The van der Waals surface area contributed by atoms with E-state index >= 15 is 0 Å². The Morgan fingerprint density at radius 3 is 2.47 bits per heavy atom. The first-order valence-corrected chi connectivity index (χ1v) is 14.7. The first-order chi connectivity index (χ1) is 17.0. The van der Waals surface area contributed by atoms with E-state index in [4.69, 9.17) is 33.4 Å². The summed E-state index contributed by atoms with van der Waals surface area (Å²) in [6.07, 6.45) is 11.7. The molecule has 2 fully saturated rings. The molecule has 0 amide bonds. The Labute approximate surface area is 220 Å². The number of halogens is 1. The van der Waals surface area contributed by atoms with Crippen LogP contribution in [0.15, 0.2) is 40.0 Å². The maximum Gasteiger partial charge on any atom is 0.264 e. The molecule has 2 aliphatic carbocycles. The molecule has 1 aliphatic heterocycles. The van der Waals surface area contributed by atoms with E-state index in [0.717, 1.165) is 49.0 Å². The molecule has 1 saturated heterocycles. The predicted octanol–water partition coefficient (Wildman–Crippen LogP) is 3.39. The molecule has 2 aromatic heterocycles. The van der Waals surface area contributed by atoms with E-state index in [9.17, 15) is 8.42 Å². The fraction of sp³-hybridized carbons (Fsp3) is 0.522. The Hall–Kier alpha value is -2.12. The fourth-order valence-corrected chi connectivity index (χ4v) is 5.71. The summed E-state index contributed by atoms with van der Waals surface area (Å²) in [5, 5.41) is 1.01. The van der Waals surface area contributed by atoms with Gasteiger partial charge >= 0.3 is 0 Å². The molecule has 7 N–H and O–H groups in total. The van der Waals surface area contributed by atoms with Crippen LogP contribution in [0.1, 0.15) is 39.0 Å². The first kappa shape index (κ1) is 26.9. The lowest BCUT2D eigenvalue weighted by Crippen LogP contribution is -2.48. The van der Waals surface area contributed by atoms with Crippen molar-refractivity contribution in [3.63, 3.8) is 0 Å². The van der Waals surface area contributed by atoms with Crippen LogP contribution in [0.4, 0.5) is 17.5 Å². The SMILES string of the molecule is CCS(=O)(=O)O.Nc1nc(N2CCC3(CC=C(C4CC4)[C@H]3N)CC2)cnc1Sc1ccnc(N)c1Cl. The minimum absolute atomic E-state index is 0.201. The molecule has 3 aliphatic rings. The largest absolute Gasteiger partial charge is 0.382 e. The fourth-order valence-electron chi connectivity index (χ4n) is 4.70. The highest BCUT2D eigenvalue weighted by atomic mass is 35.5. The van der Waals surface area contributed by atoms with E-state index in [-0.39, 0.29) is 23.0 Å². The summed E-state index contributed by atoms with van der Waals surface area (Å²) in [6, 6.07) is 2.01. The first-order valence-electron chi connectivity index (χ1n) is 11.9. The van der Waals surface area contributed by atoms with Crippen molar-refractivity contribution in [2.24, 2.45) is 17.1 Å². The second-order valence-corrected chi connectivity index (χ2v) is 12.6. The van der Waals surface area contributed by atoms with Gasteiger partial charge in [-0.3, -0.25) is 4.55 Å². The van der Waals surface area contributed by atoms with Crippen molar-refractivity contribution < 1.29 is 13.0 Å². The van der Waals surface area contributed by atoms with Crippen molar-refractivity contribution >= 4 is 50.9 Å². The summed E-state index contributed by atoms with van der Waals surface area (Å²) in [7, 11) is -3.66. The van der Waals surface area contributed by atoms with Crippen molar-refractivity contribution in [1.29, 1.82) is 0 Å². The molecule has 1 atom stereocenters. The van der Waals surface area contributed by atoms with Gasteiger partial charge in [0.1, 0.15) is 16.7 Å². The number of pyridine rings is 1. The van der Waals surface area contributed by atoms with Crippen LogP contribution in [0.5, 0.6) is 0 Å². The second kappa shape index (κ2) is 10.7. The average Bonchev–Trinajstić information content (AvgIpc) is 3.64. The minimum atomic E-state index is -3.66. The number of hydrogen-bond donors (Lipinski definition) is 4. The molecule has 0 unspecified atom stereocenters. The highest BCUT2D eigenvalue weighted by molar-refractivity contribution is 7.99. The molecule has 36 heavy (non-hydrogen) atoms. The molecule has 13 heteroatoms. The molecule has 0 bridgehead atoms. The maximum absolute atomic E-state index is 9.56. The van der Waals surface area contributed by atoms with Gasteiger partial charge in [-0.05, 0) is 56.4 Å². The van der Waals surface area contributed by atoms with Crippen molar-refractivity contribution in [3.05, 3.63) is 35.1 Å². The zero-order valence-corrected chi connectivity index (χ0v) is 22.5. The number of hydrogen-bond acceptors (Lipinski definition) is 10. The van der Waals surface area contributed by atoms with Crippen molar-refractivity contribution in [2.45, 2.75) is 55.0 Å². The lowest BCUT2D eigenvalue weighted by Gasteiger charge is -2.43. The molecule has 5 rings (SSSR count). The zero-order chi connectivity index (χ0) is 26.1. The third-order valence-corrected chi connectivity index (χ3v) is 9.41. The normalized spacial score (nSPS) is 21.2. The highest BCUT2D eigenvalue weighted by Crippen LogP contribution is 2.51. The van der Waals surface area contributed by atoms with Gasteiger partial charge in [-0.15, -0.1) is 0 Å². The Morgan fingerprint density at radius 1 is 1.22 bits per heavy atom. The van der Waals surface area contributed by atoms with E-state index < -0.39 is 10.1 Å². The van der Waals surface area contributed by atoms with Gasteiger partial charge in [-0.1, -0.05) is 35.0 Å². The summed E-state index contributed by atoms with van der Waals surface area (Å²) in [5.41, 5.74) is 20.4. The van der Waals surface area contributed by atoms with Crippen LogP contribution >= 0.6 is 23.4 Å². The second-order valence-electron chi connectivity index (χ2n) is 9.41. The number of allylic oxidation sites excluding steroid dienone is 1. The number of nitrogens with zero attached hydrogens (tertiary/aromatic N) is 4. The molecule has 0 aromatic carbocycles. The molecule has 1 spiro atoms. The monoisotopic (exact) mass is 553 g/mol. The standard InChI is InChI=1S/C21H26ClN7S.C2H6O3S/c22-16-14(4-8-26-18(16)24)30-20-19(25)28-15(11-27-20)29-9-6-21(7-10-29)5-3-13(17(21)23)12-1-2-12;1-2-6(3,4)5/h3-4,8,11-12,17H,1-2,5-7,9-10,23H2,(H2,24,26)(H2,25,28);2H2,1H3,(H,3,4,5)/t17-;/m1./s1. The summed E-state index contributed by atoms with van der Waals surface area (Å²) in [5.74, 6) is 2.05. The number of piperidine rings is 1. The Morgan fingerprint density at radius 2 is 1.89 bits per heavy atom. The molecule has 196 valence electrons. The summed E-state index contributed by atoms with van der Waals surface area (Å²) in [6.45, 7) is 3.22. The topological polar surface area (TPSA) is 174 Å². The number of nitrogens with two attached hydrogens (primary N) is 3. The molecule has 2 aromatic rings. The van der Waals surface area contributed by atoms with Gasteiger partial charge in [0.15, 0.2) is 5.82 Å². The van der Waals surface area contributed by atoms with E-state index in [2.05, 4.69) is 25.9 Å². The zero-order valence-electron chi connectivity index (χ0n) is 20.1. The van der Waals surface area contributed by atoms with Crippen LogP contribution in [0, 0.1) is 11.3 Å². The average molecular weight is 554 g/mol. The van der Waals surface area contributed by atoms with E-state index in [1.807, 2.05) is 0 Å². The van der Waals surface area contributed by atoms with E-state index in [1.165, 1.54) is 37.1 Å². The quantitative estimate of drug-likeness (QED) is 0.315. The van der Waals surface area contributed by atoms with Gasteiger partial charge in [-0.25, -0.2) is 15.0 Å². The molecule has 3 heterocycles. The molecule has 10 nitrogen and oxygen atoms in total. The van der Waals surface area contributed by atoms with Gasteiger partial charge in [0.05, 0.1) is 17.0 Å². The van der Waals surface area contributed by atoms with Gasteiger partial charge in [-0.2, -0.15) is 8.42 Å². The van der Waals surface area contributed by atoms with Crippen molar-refractivity contribution in [2.75, 3.05) is 35.2 Å². The minimum Gasteiger partial charge on any atom is -0.382 e. The highest BCUT2D eigenvalue weighted by Gasteiger charge is 2.47. The third-order valence-electron chi connectivity index (χ3n) is 7.10.